The van der Waals surface area contributed by atoms with Gasteiger partial charge >= 0.3 is 0 Å². The summed E-state index contributed by atoms with van der Waals surface area (Å²) in [6, 6.07) is 12.8. The molecule has 29 heavy (non-hydrogen) atoms. The van der Waals surface area contributed by atoms with E-state index in [4.69, 9.17) is 14.2 Å². The Morgan fingerprint density at radius 2 is 1.62 bits per heavy atom. The number of hydrogen-bond acceptors (Lipinski definition) is 7. The van der Waals surface area contributed by atoms with Crippen LogP contribution in [0.3, 0.4) is 0 Å². The summed E-state index contributed by atoms with van der Waals surface area (Å²) in [5, 5.41) is 5.93. The third kappa shape index (κ3) is 5.13. The van der Waals surface area contributed by atoms with Crippen LogP contribution in [-0.2, 0) is 6.54 Å². The number of hydrogen-bond donors (Lipinski definition) is 2. The number of carbonyl (C=O) groups excluding carboxylic acids is 1. The molecule has 0 aliphatic heterocycles. The molecule has 0 atom stereocenters. The standard InChI is InChI=1S/C21H22N4O4/c1-27-15-6-4-14(5-7-15)11-24-21(26)18-12-23-20(13-22-18)25-17-10-16(28-2)8-9-19(17)29-3/h4-10,12-13H,11H2,1-3H3,(H,23,25)(H,24,26). The van der Waals surface area contributed by atoms with Crippen LogP contribution in [0, 0.1) is 0 Å². The zero-order valence-corrected chi connectivity index (χ0v) is 16.4. The first-order chi connectivity index (χ1) is 14.1. The van der Waals surface area contributed by atoms with Crippen molar-refractivity contribution in [2.24, 2.45) is 0 Å². The minimum absolute atomic E-state index is 0.224. The summed E-state index contributed by atoms with van der Waals surface area (Å²) in [5.41, 5.74) is 1.86. The summed E-state index contributed by atoms with van der Waals surface area (Å²) in [6.45, 7) is 0.380. The van der Waals surface area contributed by atoms with E-state index >= 15 is 0 Å². The van der Waals surface area contributed by atoms with Gasteiger partial charge in [-0.15, -0.1) is 0 Å². The first kappa shape index (κ1) is 19.9. The molecule has 2 N–H and O–H groups in total. The van der Waals surface area contributed by atoms with E-state index in [0.717, 1.165) is 11.3 Å². The second-order valence-electron chi connectivity index (χ2n) is 6.01. The van der Waals surface area contributed by atoms with E-state index in [-0.39, 0.29) is 11.6 Å². The monoisotopic (exact) mass is 394 g/mol. The van der Waals surface area contributed by atoms with Crippen LogP contribution in [0.5, 0.6) is 17.2 Å². The number of carbonyl (C=O) groups is 1. The molecule has 0 aliphatic rings. The van der Waals surface area contributed by atoms with Crippen molar-refractivity contribution in [1.29, 1.82) is 0 Å². The molecule has 0 unspecified atom stereocenters. The lowest BCUT2D eigenvalue weighted by Crippen LogP contribution is -2.24. The van der Waals surface area contributed by atoms with Gasteiger partial charge in [-0.1, -0.05) is 12.1 Å². The molecule has 0 bridgehead atoms. The Morgan fingerprint density at radius 3 is 2.24 bits per heavy atom. The van der Waals surface area contributed by atoms with Gasteiger partial charge in [-0.25, -0.2) is 9.97 Å². The molecule has 2 aromatic carbocycles. The second kappa shape index (κ2) is 9.41. The molecule has 0 saturated heterocycles. The van der Waals surface area contributed by atoms with Crippen LogP contribution in [0.25, 0.3) is 0 Å². The highest BCUT2D eigenvalue weighted by atomic mass is 16.5. The van der Waals surface area contributed by atoms with Crippen molar-refractivity contribution in [3.63, 3.8) is 0 Å². The number of ether oxygens (including phenoxy) is 3. The number of rotatable bonds is 8. The highest BCUT2D eigenvalue weighted by Gasteiger charge is 2.10. The predicted octanol–water partition coefficient (Wildman–Crippen LogP) is 3.18. The predicted molar refractivity (Wildman–Crippen MR) is 109 cm³/mol. The quantitative estimate of drug-likeness (QED) is 0.606. The van der Waals surface area contributed by atoms with E-state index in [1.165, 1.54) is 12.4 Å². The van der Waals surface area contributed by atoms with E-state index in [1.54, 1.807) is 39.5 Å². The van der Waals surface area contributed by atoms with Crippen molar-refractivity contribution in [2.45, 2.75) is 6.54 Å². The number of amides is 1. The molecule has 0 aliphatic carbocycles. The zero-order valence-electron chi connectivity index (χ0n) is 16.4. The van der Waals surface area contributed by atoms with Crippen LogP contribution >= 0.6 is 0 Å². The second-order valence-corrected chi connectivity index (χ2v) is 6.01. The molecule has 0 radical (unpaired) electrons. The first-order valence-corrected chi connectivity index (χ1v) is 8.85. The minimum Gasteiger partial charge on any atom is -0.497 e. The van der Waals surface area contributed by atoms with Gasteiger partial charge in [0.2, 0.25) is 0 Å². The smallest absolute Gasteiger partial charge is 0.271 e. The van der Waals surface area contributed by atoms with E-state index in [2.05, 4.69) is 20.6 Å². The van der Waals surface area contributed by atoms with Crippen LogP contribution in [0.2, 0.25) is 0 Å². The number of benzene rings is 2. The summed E-state index contributed by atoms with van der Waals surface area (Å²) in [7, 11) is 4.78. The largest absolute Gasteiger partial charge is 0.497 e. The molecule has 0 fully saturated rings. The maximum Gasteiger partial charge on any atom is 0.271 e. The van der Waals surface area contributed by atoms with Gasteiger partial charge in [-0.2, -0.15) is 0 Å². The molecule has 3 rings (SSSR count). The Bertz CT molecular complexity index is 959. The molecule has 8 nitrogen and oxygen atoms in total. The third-order valence-corrected chi connectivity index (χ3v) is 4.17. The SMILES string of the molecule is COc1ccc(CNC(=O)c2cnc(Nc3cc(OC)ccc3OC)cn2)cc1. The lowest BCUT2D eigenvalue weighted by atomic mass is 10.2. The Morgan fingerprint density at radius 1 is 0.897 bits per heavy atom. The van der Waals surface area contributed by atoms with Gasteiger partial charge in [0.1, 0.15) is 28.8 Å². The van der Waals surface area contributed by atoms with Crippen molar-refractivity contribution >= 4 is 17.4 Å². The van der Waals surface area contributed by atoms with Crippen LogP contribution in [0.15, 0.2) is 54.9 Å². The normalized spacial score (nSPS) is 10.2. The molecule has 1 aromatic heterocycles. The van der Waals surface area contributed by atoms with Crippen molar-refractivity contribution in [3.8, 4) is 17.2 Å². The minimum atomic E-state index is -0.307. The lowest BCUT2D eigenvalue weighted by molar-refractivity contribution is 0.0945. The molecule has 150 valence electrons. The zero-order chi connectivity index (χ0) is 20.6. The Balaban J connectivity index is 1.62. The molecule has 1 amide bonds. The van der Waals surface area contributed by atoms with Crippen molar-refractivity contribution in [1.82, 2.24) is 15.3 Å². The van der Waals surface area contributed by atoms with Gasteiger partial charge in [0, 0.05) is 12.6 Å². The summed E-state index contributed by atoms with van der Waals surface area (Å²) in [6.07, 6.45) is 2.90. The van der Waals surface area contributed by atoms with E-state index in [1.807, 2.05) is 24.3 Å². The molecular weight excluding hydrogens is 372 g/mol. The number of aromatic nitrogens is 2. The van der Waals surface area contributed by atoms with Crippen LogP contribution < -0.4 is 24.8 Å². The fourth-order valence-corrected chi connectivity index (χ4v) is 2.58. The summed E-state index contributed by atoms with van der Waals surface area (Å²) in [4.78, 5) is 20.7. The Labute approximate surface area is 168 Å². The van der Waals surface area contributed by atoms with Gasteiger partial charge in [0.05, 0.1) is 39.4 Å². The van der Waals surface area contributed by atoms with Crippen LogP contribution in [0.1, 0.15) is 16.1 Å². The fraction of sp³-hybridized carbons (Fsp3) is 0.190. The fourth-order valence-electron chi connectivity index (χ4n) is 2.58. The number of methoxy groups -OCH3 is 3. The molecule has 0 spiro atoms. The molecule has 3 aromatic rings. The van der Waals surface area contributed by atoms with Gasteiger partial charge in [-0.05, 0) is 29.8 Å². The van der Waals surface area contributed by atoms with Gasteiger partial charge in [0.15, 0.2) is 0 Å². The van der Waals surface area contributed by atoms with Gasteiger partial charge in [-0.3, -0.25) is 4.79 Å². The van der Waals surface area contributed by atoms with Crippen molar-refractivity contribution in [3.05, 3.63) is 66.1 Å². The number of anilines is 2. The number of nitrogens with zero attached hydrogens (tertiary/aromatic N) is 2. The highest BCUT2D eigenvalue weighted by Crippen LogP contribution is 2.30. The Kier molecular flexibility index (Phi) is 6.47. The Hall–Kier alpha value is -3.81. The topological polar surface area (TPSA) is 94.6 Å². The van der Waals surface area contributed by atoms with Crippen molar-refractivity contribution < 1.29 is 19.0 Å². The molecule has 1 heterocycles. The number of nitrogens with one attached hydrogen (secondary N) is 2. The van der Waals surface area contributed by atoms with E-state index < -0.39 is 0 Å². The summed E-state index contributed by atoms with van der Waals surface area (Å²) in [5.74, 6) is 2.24. The van der Waals surface area contributed by atoms with Crippen LogP contribution in [-0.4, -0.2) is 37.2 Å². The molecule has 8 heteroatoms. The summed E-state index contributed by atoms with van der Waals surface area (Å²) >= 11 is 0. The average Bonchev–Trinajstić information content (AvgIpc) is 2.78. The molecular formula is C21H22N4O4. The highest BCUT2D eigenvalue weighted by molar-refractivity contribution is 5.92. The van der Waals surface area contributed by atoms with Crippen LogP contribution in [0.4, 0.5) is 11.5 Å². The van der Waals surface area contributed by atoms with Gasteiger partial charge < -0.3 is 24.8 Å². The maximum absolute atomic E-state index is 12.3. The average molecular weight is 394 g/mol. The first-order valence-electron chi connectivity index (χ1n) is 8.85. The summed E-state index contributed by atoms with van der Waals surface area (Å²) < 4.78 is 15.7. The molecule has 0 saturated carbocycles. The van der Waals surface area contributed by atoms with Crippen molar-refractivity contribution in [2.75, 3.05) is 26.6 Å². The lowest BCUT2D eigenvalue weighted by Gasteiger charge is -2.12. The van der Waals surface area contributed by atoms with Gasteiger partial charge in [0.25, 0.3) is 5.91 Å². The third-order valence-electron chi connectivity index (χ3n) is 4.17. The van der Waals surface area contributed by atoms with E-state index in [0.29, 0.717) is 29.5 Å². The van der Waals surface area contributed by atoms with E-state index in [9.17, 15) is 4.79 Å². The maximum atomic E-state index is 12.3.